The Balaban J connectivity index is 1.71. The Morgan fingerprint density at radius 1 is 1.08 bits per heavy atom. The molecule has 0 saturated carbocycles. The van der Waals surface area contributed by atoms with Gasteiger partial charge in [-0.3, -0.25) is 0 Å². The van der Waals surface area contributed by atoms with E-state index in [0.717, 1.165) is 40.9 Å². The molecule has 0 aliphatic carbocycles. The first kappa shape index (κ1) is 17.5. The molecule has 0 radical (unpaired) electrons. The molecule has 5 heteroatoms. The highest BCUT2D eigenvalue weighted by Crippen LogP contribution is 2.20. The third kappa shape index (κ3) is 4.03. The van der Waals surface area contributed by atoms with E-state index in [-0.39, 0.29) is 0 Å². The molecule has 130 valence electrons. The molecule has 3 rings (SSSR count). The first-order valence-corrected chi connectivity index (χ1v) is 8.61. The second-order valence-corrected chi connectivity index (χ2v) is 6.43. The highest BCUT2D eigenvalue weighted by Gasteiger charge is 2.12. The summed E-state index contributed by atoms with van der Waals surface area (Å²) in [7, 11) is 1.68. The first-order chi connectivity index (χ1) is 12.1. The molecule has 0 unspecified atom stereocenters. The van der Waals surface area contributed by atoms with Gasteiger partial charge in [-0.1, -0.05) is 23.7 Å². The highest BCUT2D eigenvalue weighted by atomic mass is 35.5. The summed E-state index contributed by atoms with van der Waals surface area (Å²) < 4.78 is 7.23. The highest BCUT2D eigenvalue weighted by molar-refractivity contribution is 6.30. The number of methoxy groups -OCH3 is 1. The molecular formula is C20H22ClN3O. The average molecular weight is 356 g/mol. The summed E-state index contributed by atoms with van der Waals surface area (Å²) in [5, 5.41) is 8.90. The summed E-state index contributed by atoms with van der Waals surface area (Å²) in [6.07, 6.45) is 0. The topological polar surface area (TPSA) is 39.1 Å². The van der Waals surface area contributed by atoms with Gasteiger partial charge in [-0.15, -0.1) is 0 Å². The fourth-order valence-corrected chi connectivity index (χ4v) is 3.00. The minimum Gasteiger partial charge on any atom is -0.497 e. The Morgan fingerprint density at radius 3 is 2.56 bits per heavy atom. The number of ether oxygens (including phenoxy) is 1. The van der Waals surface area contributed by atoms with Crippen LogP contribution in [0.25, 0.3) is 5.69 Å². The van der Waals surface area contributed by atoms with Crippen molar-refractivity contribution < 1.29 is 4.74 Å². The fraction of sp³-hybridized carbons (Fsp3) is 0.250. The average Bonchev–Trinajstić information content (AvgIpc) is 2.91. The van der Waals surface area contributed by atoms with Crippen molar-refractivity contribution >= 4 is 11.6 Å². The van der Waals surface area contributed by atoms with Crippen molar-refractivity contribution in [2.75, 3.05) is 7.11 Å². The third-order valence-corrected chi connectivity index (χ3v) is 4.53. The number of nitrogens with zero attached hydrogens (tertiary/aromatic N) is 2. The van der Waals surface area contributed by atoms with Crippen LogP contribution >= 0.6 is 11.6 Å². The first-order valence-electron chi connectivity index (χ1n) is 8.23. The number of benzene rings is 2. The zero-order valence-electron chi connectivity index (χ0n) is 14.7. The number of hydrogen-bond acceptors (Lipinski definition) is 3. The second kappa shape index (κ2) is 7.72. The van der Waals surface area contributed by atoms with Crippen LogP contribution < -0.4 is 10.1 Å². The summed E-state index contributed by atoms with van der Waals surface area (Å²) in [6, 6.07) is 15.8. The maximum Gasteiger partial charge on any atom is 0.119 e. The van der Waals surface area contributed by atoms with Crippen molar-refractivity contribution in [3.05, 3.63) is 76.1 Å². The molecule has 0 amide bonds. The monoisotopic (exact) mass is 355 g/mol. The van der Waals surface area contributed by atoms with E-state index in [1.54, 1.807) is 7.11 Å². The smallest absolute Gasteiger partial charge is 0.119 e. The lowest BCUT2D eigenvalue weighted by atomic mass is 10.1. The van der Waals surface area contributed by atoms with Gasteiger partial charge in [0.25, 0.3) is 0 Å². The van der Waals surface area contributed by atoms with Gasteiger partial charge < -0.3 is 10.1 Å². The SMILES string of the molecule is COc1cccc(CNCc2c(C)nn(-c3ccc(Cl)cc3)c2C)c1. The summed E-state index contributed by atoms with van der Waals surface area (Å²) in [4.78, 5) is 0. The molecule has 0 aliphatic heterocycles. The van der Waals surface area contributed by atoms with E-state index >= 15 is 0 Å². The Morgan fingerprint density at radius 2 is 1.84 bits per heavy atom. The number of rotatable bonds is 6. The van der Waals surface area contributed by atoms with Crippen LogP contribution in [0.4, 0.5) is 0 Å². The number of hydrogen-bond donors (Lipinski definition) is 1. The minimum absolute atomic E-state index is 0.727. The molecule has 3 aromatic rings. The van der Waals surface area contributed by atoms with Gasteiger partial charge in [0.2, 0.25) is 0 Å². The second-order valence-electron chi connectivity index (χ2n) is 5.99. The van der Waals surface area contributed by atoms with Crippen molar-refractivity contribution in [1.82, 2.24) is 15.1 Å². The lowest BCUT2D eigenvalue weighted by Crippen LogP contribution is -2.14. The van der Waals surface area contributed by atoms with Crippen molar-refractivity contribution in [3.8, 4) is 11.4 Å². The van der Waals surface area contributed by atoms with E-state index in [0.29, 0.717) is 0 Å². The molecule has 4 nitrogen and oxygen atoms in total. The molecule has 2 aromatic carbocycles. The lowest BCUT2D eigenvalue weighted by molar-refractivity contribution is 0.414. The van der Waals surface area contributed by atoms with E-state index in [9.17, 15) is 0 Å². The Hall–Kier alpha value is -2.30. The third-order valence-electron chi connectivity index (χ3n) is 4.28. The molecular weight excluding hydrogens is 334 g/mol. The number of nitrogens with one attached hydrogen (secondary N) is 1. The predicted octanol–water partition coefficient (Wildman–Crippen LogP) is 4.44. The van der Waals surface area contributed by atoms with Gasteiger partial charge in [-0.2, -0.15) is 5.10 Å². The van der Waals surface area contributed by atoms with Crippen molar-refractivity contribution in [1.29, 1.82) is 0 Å². The molecule has 0 bridgehead atoms. The molecule has 1 N–H and O–H groups in total. The van der Waals surface area contributed by atoms with Crippen LogP contribution in [0.2, 0.25) is 5.02 Å². The maximum absolute atomic E-state index is 5.98. The normalized spacial score (nSPS) is 10.9. The van der Waals surface area contributed by atoms with Gasteiger partial charge >= 0.3 is 0 Å². The van der Waals surface area contributed by atoms with Crippen LogP contribution in [0.3, 0.4) is 0 Å². The van der Waals surface area contributed by atoms with E-state index in [4.69, 9.17) is 16.3 Å². The van der Waals surface area contributed by atoms with Crippen molar-refractivity contribution in [2.45, 2.75) is 26.9 Å². The van der Waals surface area contributed by atoms with E-state index in [1.165, 1.54) is 11.1 Å². The molecule has 1 heterocycles. The number of halogens is 1. The van der Waals surface area contributed by atoms with Crippen LogP contribution in [0.1, 0.15) is 22.5 Å². The molecule has 0 fully saturated rings. The van der Waals surface area contributed by atoms with Crippen LogP contribution in [0, 0.1) is 13.8 Å². The van der Waals surface area contributed by atoms with Crippen LogP contribution in [0.5, 0.6) is 5.75 Å². The Bertz CT molecular complexity index is 856. The Labute approximate surface area is 153 Å². The Kier molecular flexibility index (Phi) is 5.41. The van der Waals surface area contributed by atoms with Gasteiger partial charge in [0, 0.05) is 29.4 Å². The lowest BCUT2D eigenvalue weighted by Gasteiger charge is -2.08. The summed E-state index contributed by atoms with van der Waals surface area (Å²) in [6.45, 7) is 5.68. The van der Waals surface area contributed by atoms with Gasteiger partial charge in [0.1, 0.15) is 5.75 Å². The molecule has 0 atom stereocenters. The molecule has 0 aliphatic rings. The van der Waals surface area contributed by atoms with Crippen molar-refractivity contribution in [2.24, 2.45) is 0 Å². The van der Waals surface area contributed by atoms with E-state index in [1.807, 2.05) is 54.1 Å². The molecule has 25 heavy (non-hydrogen) atoms. The number of aryl methyl sites for hydroxylation is 1. The predicted molar refractivity (Wildman–Crippen MR) is 102 cm³/mol. The molecule has 1 aromatic heterocycles. The van der Waals surface area contributed by atoms with Crippen LogP contribution in [-0.2, 0) is 13.1 Å². The van der Waals surface area contributed by atoms with Gasteiger partial charge in [0.15, 0.2) is 0 Å². The fourth-order valence-electron chi connectivity index (χ4n) is 2.88. The van der Waals surface area contributed by atoms with Gasteiger partial charge in [-0.05, 0) is 55.8 Å². The van der Waals surface area contributed by atoms with Crippen molar-refractivity contribution in [3.63, 3.8) is 0 Å². The zero-order valence-corrected chi connectivity index (χ0v) is 15.5. The van der Waals surface area contributed by atoms with Gasteiger partial charge in [0.05, 0.1) is 18.5 Å². The summed E-state index contributed by atoms with van der Waals surface area (Å²) in [5.74, 6) is 0.877. The largest absolute Gasteiger partial charge is 0.497 e. The molecule has 0 saturated heterocycles. The van der Waals surface area contributed by atoms with Crippen LogP contribution in [-0.4, -0.2) is 16.9 Å². The van der Waals surface area contributed by atoms with Crippen LogP contribution in [0.15, 0.2) is 48.5 Å². The molecule has 0 spiro atoms. The zero-order chi connectivity index (χ0) is 17.8. The standard InChI is InChI=1S/C20H22ClN3O/c1-14-20(13-22-12-16-5-4-6-19(11-16)25-3)15(2)24(23-14)18-9-7-17(21)8-10-18/h4-11,22H,12-13H2,1-3H3. The number of aromatic nitrogens is 2. The van der Waals surface area contributed by atoms with E-state index in [2.05, 4.69) is 23.4 Å². The minimum atomic E-state index is 0.727. The quantitative estimate of drug-likeness (QED) is 0.710. The summed E-state index contributed by atoms with van der Waals surface area (Å²) in [5.41, 5.74) is 5.60. The summed E-state index contributed by atoms with van der Waals surface area (Å²) >= 11 is 5.98. The van der Waals surface area contributed by atoms with E-state index < -0.39 is 0 Å². The van der Waals surface area contributed by atoms with Gasteiger partial charge in [-0.25, -0.2) is 4.68 Å². The maximum atomic E-state index is 5.98.